The third-order valence-electron chi connectivity index (χ3n) is 12.2. The molecule has 2 heterocycles. The van der Waals surface area contributed by atoms with E-state index in [0.29, 0.717) is 0 Å². The van der Waals surface area contributed by atoms with Gasteiger partial charge in [0.15, 0.2) is 0 Å². The monoisotopic (exact) mass is 778 g/mol. The van der Waals surface area contributed by atoms with Crippen molar-refractivity contribution < 1.29 is 4.42 Å². The Hall–Kier alpha value is -8.14. The van der Waals surface area contributed by atoms with Crippen molar-refractivity contribution in [3.05, 3.63) is 231 Å². The van der Waals surface area contributed by atoms with Crippen LogP contribution in [0.1, 0.15) is 0 Å². The van der Waals surface area contributed by atoms with Gasteiger partial charge in [-0.15, -0.1) is 0 Å². The topological polar surface area (TPSA) is 21.3 Å². The van der Waals surface area contributed by atoms with Crippen LogP contribution in [-0.2, 0) is 0 Å². The summed E-state index contributed by atoms with van der Waals surface area (Å²) in [5.74, 6) is 0. The van der Waals surface area contributed by atoms with Gasteiger partial charge in [-0.3, -0.25) is 0 Å². The van der Waals surface area contributed by atoms with Crippen LogP contribution in [-0.4, -0.2) is 4.57 Å². The second-order valence-electron chi connectivity index (χ2n) is 15.7. The Bertz CT molecular complexity index is 3520. The van der Waals surface area contributed by atoms with Crippen molar-refractivity contribution in [2.45, 2.75) is 0 Å². The Balaban J connectivity index is 0.966. The molecule has 0 aliphatic rings. The summed E-state index contributed by atoms with van der Waals surface area (Å²) in [6.45, 7) is 0. The van der Waals surface area contributed by atoms with Crippen LogP contribution in [0.25, 0.3) is 93.6 Å². The molecule has 0 fully saturated rings. The number of benzene rings is 10. The molecule has 0 saturated carbocycles. The van der Waals surface area contributed by atoms with E-state index in [1.807, 2.05) is 12.1 Å². The maximum atomic E-state index is 6.24. The zero-order valence-corrected chi connectivity index (χ0v) is 33.2. The van der Waals surface area contributed by atoms with Gasteiger partial charge in [-0.25, -0.2) is 0 Å². The maximum Gasteiger partial charge on any atom is 0.135 e. The van der Waals surface area contributed by atoms with Crippen LogP contribution in [0, 0.1) is 0 Å². The average Bonchev–Trinajstić information content (AvgIpc) is 3.88. The molecule has 0 N–H and O–H groups in total. The number of furan rings is 1. The molecule has 0 bridgehead atoms. The molecule has 0 spiro atoms. The largest absolute Gasteiger partial charge is 0.456 e. The molecule has 2 aromatic heterocycles. The molecule has 3 heteroatoms. The van der Waals surface area contributed by atoms with Gasteiger partial charge in [0, 0.05) is 44.2 Å². The Kier molecular flexibility index (Phi) is 8.17. The second-order valence-corrected chi connectivity index (χ2v) is 15.7. The van der Waals surface area contributed by atoms with Gasteiger partial charge in [0.1, 0.15) is 11.2 Å². The number of anilines is 3. The van der Waals surface area contributed by atoms with Gasteiger partial charge in [0.25, 0.3) is 0 Å². The van der Waals surface area contributed by atoms with Crippen LogP contribution < -0.4 is 4.90 Å². The van der Waals surface area contributed by atoms with Gasteiger partial charge in [-0.2, -0.15) is 0 Å². The number of fused-ring (bicyclic) bond motifs is 7. The molecule has 0 unspecified atom stereocenters. The first-order valence-corrected chi connectivity index (χ1v) is 20.8. The molecule has 3 nitrogen and oxygen atoms in total. The highest BCUT2D eigenvalue weighted by Crippen LogP contribution is 2.43. The summed E-state index contributed by atoms with van der Waals surface area (Å²) in [6.07, 6.45) is 0. The maximum absolute atomic E-state index is 6.24. The summed E-state index contributed by atoms with van der Waals surface area (Å²) < 4.78 is 8.61. The van der Waals surface area contributed by atoms with Crippen molar-refractivity contribution in [2.75, 3.05) is 4.90 Å². The molecule has 61 heavy (non-hydrogen) atoms. The average molecular weight is 779 g/mol. The third-order valence-corrected chi connectivity index (χ3v) is 12.2. The minimum absolute atomic E-state index is 0.890. The third kappa shape index (κ3) is 5.90. The Morgan fingerprint density at radius 3 is 1.57 bits per heavy atom. The van der Waals surface area contributed by atoms with Crippen molar-refractivity contribution >= 4 is 71.6 Å². The highest BCUT2D eigenvalue weighted by atomic mass is 16.3. The van der Waals surface area contributed by atoms with Crippen LogP contribution in [0.4, 0.5) is 17.1 Å². The molecule has 0 aliphatic carbocycles. The van der Waals surface area contributed by atoms with Gasteiger partial charge in [0.05, 0.1) is 16.7 Å². The predicted molar refractivity (Wildman–Crippen MR) is 257 cm³/mol. The van der Waals surface area contributed by atoms with E-state index in [2.05, 4.69) is 228 Å². The quantitative estimate of drug-likeness (QED) is 0.161. The zero-order valence-electron chi connectivity index (χ0n) is 33.2. The van der Waals surface area contributed by atoms with E-state index in [4.69, 9.17) is 4.42 Å². The fraction of sp³-hybridized carbons (Fsp3) is 0. The molecular weight excluding hydrogens is 741 g/mol. The molecule has 12 rings (SSSR count). The van der Waals surface area contributed by atoms with Crippen molar-refractivity contribution in [1.29, 1.82) is 0 Å². The minimum Gasteiger partial charge on any atom is -0.456 e. The number of para-hydroxylation sites is 4. The highest BCUT2D eigenvalue weighted by Gasteiger charge is 2.20. The smallest absolute Gasteiger partial charge is 0.135 e. The van der Waals surface area contributed by atoms with Gasteiger partial charge in [0.2, 0.25) is 0 Å². The van der Waals surface area contributed by atoms with E-state index >= 15 is 0 Å². The lowest BCUT2D eigenvalue weighted by Gasteiger charge is -2.28. The standard InChI is InChI=1S/C58H38N2O/c1-2-14-47-41(12-1)13-11-19-48(47)42-26-24-39(25-27-42)40-28-31-44(32-29-40)59(45-33-35-46(36-34-45)60-55-21-8-4-16-50(55)51-17-5-9-22-56(51)60)54-20-7-3-15-49(54)43-30-37-58-53(38-43)52-18-6-10-23-57(52)61-58/h1-38H. The first-order valence-electron chi connectivity index (χ1n) is 20.8. The minimum atomic E-state index is 0.890. The normalized spacial score (nSPS) is 11.6. The summed E-state index contributed by atoms with van der Waals surface area (Å²) in [5.41, 5.74) is 15.6. The fourth-order valence-corrected chi connectivity index (χ4v) is 9.31. The molecule has 0 atom stereocenters. The van der Waals surface area contributed by atoms with Gasteiger partial charge in [-0.1, -0.05) is 158 Å². The fourth-order valence-electron chi connectivity index (χ4n) is 9.31. The number of aromatic nitrogens is 1. The van der Waals surface area contributed by atoms with E-state index in [9.17, 15) is 0 Å². The molecule has 0 radical (unpaired) electrons. The van der Waals surface area contributed by atoms with Gasteiger partial charge in [-0.05, 0) is 111 Å². The van der Waals surface area contributed by atoms with Crippen molar-refractivity contribution in [3.8, 4) is 39.1 Å². The molecule has 10 aromatic carbocycles. The second kappa shape index (κ2) is 14.3. The summed E-state index contributed by atoms with van der Waals surface area (Å²) in [7, 11) is 0. The number of rotatable bonds is 7. The molecule has 0 amide bonds. The Labute approximate surface area is 353 Å². The molecule has 0 aliphatic heterocycles. The van der Waals surface area contributed by atoms with Crippen LogP contribution >= 0.6 is 0 Å². The lowest BCUT2D eigenvalue weighted by molar-refractivity contribution is 0.669. The van der Waals surface area contributed by atoms with Crippen LogP contribution in [0.5, 0.6) is 0 Å². The number of nitrogens with zero attached hydrogens (tertiary/aromatic N) is 2. The summed E-state index contributed by atoms with van der Waals surface area (Å²) in [5, 5.41) is 7.26. The van der Waals surface area contributed by atoms with E-state index in [1.165, 1.54) is 54.8 Å². The summed E-state index contributed by atoms with van der Waals surface area (Å²) in [6, 6.07) is 83.0. The zero-order chi connectivity index (χ0) is 40.3. The van der Waals surface area contributed by atoms with E-state index in [0.717, 1.165) is 55.8 Å². The summed E-state index contributed by atoms with van der Waals surface area (Å²) in [4.78, 5) is 2.38. The Morgan fingerprint density at radius 1 is 0.328 bits per heavy atom. The summed E-state index contributed by atoms with van der Waals surface area (Å²) >= 11 is 0. The van der Waals surface area contributed by atoms with E-state index in [1.54, 1.807) is 0 Å². The molecule has 0 saturated heterocycles. The Morgan fingerprint density at radius 2 is 0.836 bits per heavy atom. The van der Waals surface area contributed by atoms with Crippen LogP contribution in [0.3, 0.4) is 0 Å². The predicted octanol–water partition coefficient (Wildman–Crippen LogP) is 16.3. The lowest BCUT2D eigenvalue weighted by Crippen LogP contribution is -2.11. The van der Waals surface area contributed by atoms with E-state index < -0.39 is 0 Å². The van der Waals surface area contributed by atoms with Crippen LogP contribution in [0.2, 0.25) is 0 Å². The van der Waals surface area contributed by atoms with Gasteiger partial charge < -0.3 is 13.9 Å². The molecule has 286 valence electrons. The van der Waals surface area contributed by atoms with Crippen molar-refractivity contribution in [2.24, 2.45) is 0 Å². The van der Waals surface area contributed by atoms with Crippen molar-refractivity contribution in [1.82, 2.24) is 4.57 Å². The lowest BCUT2D eigenvalue weighted by atomic mass is 9.96. The van der Waals surface area contributed by atoms with E-state index in [-0.39, 0.29) is 0 Å². The van der Waals surface area contributed by atoms with Gasteiger partial charge >= 0.3 is 0 Å². The van der Waals surface area contributed by atoms with Crippen molar-refractivity contribution in [3.63, 3.8) is 0 Å². The SMILES string of the molecule is c1ccc(N(c2ccc(-c3ccc(-c4cccc5ccccc45)cc3)cc2)c2ccc(-n3c4ccccc4c4ccccc43)cc2)c(-c2ccc3oc4ccccc4c3c2)c1. The molecule has 12 aromatic rings. The number of hydrogen-bond acceptors (Lipinski definition) is 2. The molecular formula is C58H38N2O. The number of hydrogen-bond donors (Lipinski definition) is 0. The van der Waals surface area contributed by atoms with Crippen LogP contribution in [0.15, 0.2) is 235 Å². The first kappa shape index (κ1) is 34.9. The highest BCUT2D eigenvalue weighted by molar-refractivity contribution is 6.09. The first-order chi connectivity index (χ1) is 30.2.